The molecule has 0 spiro atoms. The highest BCUT2D eigenvalue weighted by Crippen LogP contribution is 2.19. The van der Waals surface area contributed by atoms with Crippen molar-refractivity contribution in [1.29, 1.82) is 0 Å². The lowest BCUT2D eigenvalue weighted by Gasteiger charge is -2.12. The molecule has 0 amide bonds. The molecule has 0 saturated heterocycles. The van der Waals surface area contributed by atoms with E-state index in [1.165, 1.54) is 0 Å². The number of hydrogen-bond acceptors (Lipinski definition) is 5. The molecule has 1 atom stereocenters. The largest absolute Gasteiger partial charge is 0.480 e. The second kappa shape index (κ2) is 6.48. The first-order valence-electron chi connectivity index (χ1n) is 5.44. The molecule has 98 valence electrons. The smallest absolute Gasteiger partial charge is 0.345 e. The Hall–Kier alpha value is -2.24. The molecule has 1 aromatic carbocycles. The van der Waals surface area contributed by atoms with Crippen molar-refractivity contribution in [3.05, 3.63) is 24.3 Å². The molecular weight excluding hydrogens is 238 g/mol. The fourth-order valence-electron chi connectivity index (χ4n) is 1.25. The average Bonchev–Trinajstić information content (AvgIpc) is 2.34. The lowest BCUT2D eigenvalue weighted by Crippen LogP contribution is -2.28. The molecule has 1 rings (SSSR count). The Morgan fingerprint density at radius 1 is 1.39 bits per heavy atom. The molecular formula is C12H15NO5. The van der Waals surface area contributed by atoms with Crippen LogP contribution in [0.2, 0.25) is 0 Å². The van der Waals surface area contributed by atoms with Crippen LogP contribution in [0.4, 0.5) is 5.69 Å². The van der Waals surface area contributed by atoms with Gasteiger partial charge in [-0.3, -0.25) is 0 Å². The number of aliphatic carboxylic acids is 1. The molecule has 3 N–H and O–H groups in total. The highest BCUT2D eigenvalue weighted by molar-refractivity contribution is 5.78. The predicted octanol–water partition coefficient (Wildman–Crippen LogP) is 1.05. The first-order chi connectivity index (χ1) is 8.54. The van der Waals surface area contributed by atoms with Crippen molar-refractivity contribution in [1.82, 2.24) is 0 Å². The Balaban J connectivity index is 2.47. The van der Waals surface area contributed by atoms with Gasteiger partial charge in [-0.1, -0.05) is 19.1 Å². The van der Waals surface area contributed by atoms with Crippen LogP contribution in [0.1, 0.15) is 13.3 Å². The first-order valence-corrected chi connectivity index (χ1v) is 5.44. The van der Waals surface area contributed by atoms with E-state index >= 15 is 0 Å². The molecule has 0 saturated carbocycles. The number of nitrogen functional groups attached to an aromatic ring is 1. The van der Waals surface area contributed by atoms with Crippen LogP contribution in [0.3, 0.4) is 0 Å². The van der Waals surface area contributed by atoms with E-state index in [0.29, 0.717) is 11.4 Å². The average molecular weight is 253 g/mol. The summed E-state index contributed by atoms with van der Waals surface area (Å²) in [6, 6.07) is 6.69. The second-order valence-corrected chi connectivity index (χ2v) is 3.55. The van der Waals surface area contributed by atoms with Gasteiger partial charge in [0.15, 0.2) is 12.7 Å². The number of esters is 1. The van der Waals surface area contributed by atoms with E-state index in [4.69, 9.17) is 20.3 Å². The highest BCUT2D eigenvalue weighted by atomic mass is 16.6. The van der Waals surface area contributed by atoms with E-state index < -0.39 is 18.0 Å². The van der Waals surface area contributed by atoms with Gasteiger partial charge in [-0.25, -0.2) is 9.59 Å². The van der Waals surface area contributed by atoms with E-state index in [2.05, 4.69) is 0 Å². The number of carboxylic acids is 1. The number of carbonyl (C=O) groups excluding carboxylic acids is 1. The number of ether oxygens (including phenoxy) is 2. The summed E-state index contributed by atoms with van der Waals surface area (Å²) in [7, 11) is 0. The number of anilines is 1. The summed E-state index contributed by atoms with van der Waals surface area (Å²) in [5, 5.41) is 8.71. The zero-order valence-electron chi connectivity index (χ0n) is 9.96. The van der Waals surface area contributed by atoms with Gasteiger partial charge < -0.3 is 20.3 Å². The van der Waals surface area contributed by atoms with E-state index in [9.17, 15) is 9.59 Å². The topological polar surface area (TPSA) is 98.9 Å². The number of carboxylic acid groups (broad SMARTS) is 1. The van der Waals surface area contributed by atoms with Crippen LogP contribution in [-0.2, 0) is 14.3 Å². The van der Waals surface area contributed by atoms with Gasteiger partial charge in [-0.2, -0.15) is 0 Å². The molecule has 18 heavy (non-hydrogen) atoms. The van der Waals surface area contributed by atoms with Crippen molar-refractivity contribution in [3.8, 4) is 5.75 Å². The predicted molar refractivity (Wildman–Crippen MR) is 64.2 cm³/mol. The van der Waals surface area contributed by atoms with Crippen molar-refractivity contribution < 1.29 is 24.2 Å². The summed E-state index contributed by atoms with van der Waals surface area (Å²) in [4.78, 5) is 22.0. The molecule has 0 bridgehead atoms. The molecule has 1 unspecified atom stereocenters. The normalized spacial score (nSPS) is 11.6. The molecule has 0 aliphatic carbocycles. The third-order valence-electron chi connectivity index (χ3n) is 2.18. The highest BCUT2D eigenvalue weighted by Gasteiger charge is 2.20. The van der Waals surface area contributed by atoms with E-state index in [-0.39, 0.29) is 13.0 Å². The molecule has 0 fully saturated rings. The Kier molecular flexibility index (Phi) is 4.98. The third kappa shape index (κ3) is 3.97. The monoisotopic (exact) mass is 253 g/mol. The SMILES string of the molecule is CCC(OC(=O)COc1ccccc1N)C(=O)O. The van der Waals surface area contributed by atoms with Gasteiger partial charge in [0, 0.05) is 0 Å². The number of para-hydroxylation sites is 2. The van der Waals surface area contributed by atoms with Gasteiger partial charge in [-0.05, 0) is 18.6 Å². The molecule has 0 aromatic heterocycles. The minimum Gasteiger partial charge on any atom is -0.480 e. The maximum atomic E-state index is 11.4. The summed E-state index contributed by atoms with van der Waals surface area (Å²) in [6.45, 7) is 1.24. The van der Waals surface area contributed by atoms with Gasteiger partial charge in [0.1, 0.15) is 5.75 Å². The minimum absolute atomic E-state index is 0.203. The van der Waals surface area contributed by atoms with Crippen molar-refractivity contribution >= 4 is 17.6 Å². The fourth-order valence-corrected chi connectivity index (χ4v) is 1.25. The molecule has 6 nitrogen and oxygen atoms in total. The fraction of sp³-hybridized carbons (Fsp3) is 0.333. The molecule has 6 heteroatoms. The maximum Gasteiger partial charge on any atom is 0.345 e. The van der Waals surface area contributed by atoms with Crippen LogP contribution < -0.4 is 10.5 Å². The summed E-state index contributed by atoms with van der Waals surface area (Å²) in [5.74, 6) is -1.56. The quantitative estimate of drug-likeness (QED) is 0.580. The molecule has 0 radical (unpaired) electrons. The van der Waals surface area contributed by atoms with Crippen LogP contribution in [0, 0.1) is 0 Å². The first kappa shape index (κ1) is 13.8. The van der Waals surface area contributed by atoms with E-state index in [0.717, 1.165) is 0 Å². The number of rotatable bonds is 6. The molecule has 0 aliphatic rings. The third-order valence-corrected chi connectivity index (χ3v) is 2.18. The standard InChI is InChI=1S/C12H15NO5/c1-2-9(12(15)16)18-11(14)7-17-10-6-4-3-5-8(10)13/h3-6,9H,2,7,13H2,1H3,(H,15,16). The number of carbonyl (C=O) groups is 2. The van der Waals surface area contributed by atoms with Crippen LogP contribution in [-0.4, -0.2) is 29.8 Å². The summed E-state index contributed by atoms with van der Waals surface area (Å²) in [5.41, 5.74) is 6.01. The van der Waals surface area contributed by atoms with Crippen molar-refractivity contribution in [2.24, 2.45) is 0 Å². The second-order valence-electron chi connectivity index (χ2n) is 3.55. The zero-order valence-corrected chi connectivity index (χ0v) is 9.96. The van der Waals surface area contributed by atoms with Gasteiger partial charge >= 0.3 is 11.9 Å². The lowest BCUT2D eigenvalue weighted by molar-refractivity contribution is -0.165. The van der Waals surface area contributed by atoms with E-state index in [1.54, 1.807) is 31.2 Å². The summed E-state index contributed by atoms with van der Waals surface area (Å²) in [6.07, 6.45) is -0.941. The number of benzene rings is 1. The Labute approximate surface area is 104 Å². The van der Waals surface area contributed by atoms with Crippen molar-refractivity contribution in [2.45, 2.75) is 19.4 Å². The summed E-state index contributed by atoms with van der Waals surface area (Å²) >= 11 is 0. The van der Waals surface area contributed by atoms with Gasteiger partial charge in [0.05, 0.1) is 5.69 Å². The van der Waals surface area contributed by atoms with Gasteiger partial charge in [0.2, 0.25) is 0 Å². The van der Waals surface area contributed by atoms with Crippen LogP contribution >= 0.6 is 0 Å². The van der Waals surface area contributed by atoms with Crippen LogP contribution in [0.15, 0.2) is 24.3 Å². The Bertz CT molecular complexity index is 432. The van der Waals surface area contributed by atoms with Crippen LogP contribution in [0.5, 0.6) is 5.75 Å². The Morgan fingerprint density at radius 3 is 2.61 bits per heavy atom. The lowest BCUT2D eigenvalue weighted by atomic mass is 10.3. The van der Waals surface area contributed by atoms with Crippen molar-refractivity contribution in [3.63, 3.8) is 0 Å². The Morgan fingerprint density at radius 2 is 2.06 bits per heavy atom. The molecule has 0 heterocycles. The number of hydrogen-bond donors (Lipinski definition) is 2. The molecule has 1 aromatic rings. The summed E-state index contributed by atoms with van der Waals surface area (Å²) < 4.78 is 9.85. The van der Waals surface area contributed by atoms with Crippen LogP contribution in [0.25, 0.3) is 0 Å². The van der Waals surface area contributed by atoms with Crippen molar-refractivity contribution in [2.75, 3.05) is 12.3 Å². The number of nitrogens with two attached hydrogens (primary N) is 1. The zero-order chi connectivity index (χ0) is 13.5. The van der Waals surface area contributed by atoms with E-state index in [1.807, 2.05) is 0 Å². The van der Waals surface area contributed by atoms with Gasteiger partial charge in [-0.15, -0.1) is 0 Å². The van der Waals surface area contributed by atoms with Gasteiger partial charge in [0.25, 0.3) is 0 Å². The minimum atomic E-state index is -1.18. The maximum absolute atomic E-state index is 11.4. The molecule has 0 aliphatic heterocycles.